The van der Waals surface area contributed by atoms with Gasteiger partial charge in [-0.3, -0.25) is 4.79 Å². The van der Waals surface area contributed by atoms with Crippen molar-refractivity contribution in [3.8, 4) is 6.01 Å². The number of aromatic nitrogens is 5. The van der Waals surface area contributed by atoms with E-state index in [2.05, 4.69) is 24.7 Å². The first-order valence-electron chi connectivity index (χ1n) is 9.14. The number of H-pyrrole nitrogens is 1. The van der Waals surface area contributed by atoms with Gasteiger partial charge < -0.3 is 23.9 Å². The van der Waals surface area contributed by atoms with Crippen LogP contribution >= 0.6 is 0 Å². The zero-order chi connectivity index (χ0) is 18.4. The van der Waals surface area contributed by atoms with Gasteiger partial charge in [-0.15, -0.1) is 10.2 Å². The van der Waals surface area contributed by atoms with E-state index in [1.165, 1.54) is 0 Å². The van der Waals surface area contributed by atoms with E-state index in [0.29, 0.717) is 44.5 Å². The third-order valence-corrected chi connectivity index (χ3v) is 5.07. The number of hydrogen-bond acceptors (Lipinski definition) is 6. The molecule has 2 aliphatic rings. The van der Waals surface area contributed by atoms with Crippen LogP contribution in [0.4, 0.5) is 0 Å². The Morgan fingerprint density at radius 3 is 3.11 bits per heavy atom. The van der Waals surface area contributed by atoms with E-state index in [9.17, 15) is 4.79 Å². The maximum Gasteiger partial charge on any atom is 0.294 e. The lowest BCUT2D eigenvalue weighted by Crippen LogP contribution is -2.49. The van der Waals surface area contributed by atoms with E-state index in [1.807, 2.05) is 30.0 Å². The molecule has 0 unspecified atom stereocenters. The maximum atomic E-state index is 12.8. The average molecular weight is 368 g/mol. The minimum absolute atomic E-state index is 0.0161. The van der Waals surface area contributed by atoms with Crippen molar-refractivity contribution in [3.63, 3.8) is 0 Å². The minimum atomic E-state index is 0.0161. The zero-order valence-corrected chi connectivity index (χ0v) is 15.0. The highest BCUT2D eigenvalue weighted by molar-refractivity contribution is 5.98. The first-order chi connectivity index (χ1) is 13.2. The van der Waals surface area contributed by atoms with Gasteiger partial charge in [0.05, 0.1) is 30.2 Å². The van der Waals surface area contributed by atoms with Crippen molar-refractivity contribution >= 4 is 16.9 Å². The molecule has 1 fully saturated rings. The molecule has 0 radical (unpaired) electrons. The summed E-state index contributed by atoms with van der Waals surface area (Å²) >= 11 is 0. The third-order valence-electron chi connectivity index (χ3n) is 5.07. The molecule has 2 aromatic heterocycles. The average Bonchev–Trinajstić information content (AvgIpc) is 3.24. The van der Waals surface area contributed by atoms with E-state index >= 15 is 0 Å². The number of nitrogens with zero attached hydrogens (tertiary/aromatic N) is 5. The quantitative estimate of drug-likeness (QED) is 0.746. The molecule has 1 aromatic carbocycles. The number of imidazole rings is 1. The summed E-state index contributed by atoms with van der Waals surface area (Å²) in [6, 6.07) is 5.96. The monoisotopic (exact) mass is 368 g/mol. The number of aromatic amines is 1. The maximum absolute atomic E-state index is 12.8. The second-order valence-electron chi connectivity index (χ2n) is 6.79. The van der Waals surface area contributed by atoms with Gasteiger partial charge in [0.25, 0.3) is 11.9 Å². The molecular weight excluding hydrogens is 348 g/mol. The molecule has 0 bridgehead atoms. The molecule has 0 spiro atoms. The van der Waals surface area contributed by atoms with Crippen LogP contribution in [0.1, 0.15) is 34.8 Å². The topological polar surface area (TPSA) is 98.2 Å². The normalized spacial score (nSPS) is 17.0. The predicted molar refractivity (Wildman–Crippen MR) is 95.6 cm³/mol. The number of carbonyl (C=O) groups is 1. The summed E-state index contributed by atoms with van der Waals surface area (Å²) in [5.74, 6) is 2.08. The molecule has 4 heterocycles. The summed E-state index contributed by atoms with van der Waals surface area (Å²) < 4.78 is 12.9. The number of nitrogens with one attached hydrogen (secondary N) is 1. The van der Waals surface area contributed by atoms with Crippen LogP contribution in [0, 0.1) is 0 Å². The van der Waals surface area contributed by atoms with Crippen LogP contribution in [-0.4, -0.2) is 61.8 Å². The lowest BCUT2D eigenvalue weighted by molar-refractivity contribution is 0.0570. The second-order valence-corrected chi connectivity index (χ2v) is 6.79. The van der Waals surface area contributed by atoms with E-state index in [4.69, 9.17) is 9.47 Å². The highest BCUT2D eigenvalue weighted by Gasteiger charge is 2.36. The largest absolute Gasteiger partial charge is 0.465 e. The van der Waals surface area contributed by atoms with Gasteiger partial charge >= 0.3 is 0 Å². The molecule has 1 amide bonds. The highest BCUT2D eigenvalue weighted by atomic mass is 16.5. The Balaban J connectivity index is 1.30. The van der Waals surface area contributed by atoms with Gasteiger partial charge in [0.1, 0.15) is 12.4 Å². The van der Waals surface area contributed by atoms with Gasteiger partial charge in [0.15, 0.2) is 5.82 Å². The number of rotatable bonds is 4. The number of carbonyl (C=O) groups excluding carboxylic acids is 1. The van der Waals surface area contributed by atoms with Gasteiger partial charge in [-0.25, -0.2) is 0 Å². The van der Waals surface area contributed by atoms with Crippen LogP contribution in [0.15, 0.2) is 18.2 Å². The van der Waals surface area contributed by atoms with Crippen molar-refractivity contribution in [3.05, 3.63) is 35.4 Å². The van der Waals surface area contributed by atoms with Crippen LogP contribution < -0.4 is 4.74 Å². The fraction of sp³-hybridized carbons (Fsp3) is 0.444. The molecule has 1 N–H and O–H groups in total. The number of amides is 1. The summed E-state index contributed by atoms with van der Waals surface area (Å²) in [6.07, 6.45) is 0. The standard InChI is InChI=1S/C18H20N6O3/c1-2-27-18-19-13-4-3-11(7-14(13)20-18)17(25)23-8-12(9-23)16-22-21-15-10-26-6-5-24(15)16/h3-4,7,12H,2,5-6,8-10H2,1H3,(H,19,20). The predicted octanol–water partition coefficient (Wildman–Crippen LogP) is 1.32. The zero-order valence-electron chi connectivity index (χ0n) is 15.0. The Morgan fingerprint density at radius 2 is 2.26 bits per heavy atom. The Bertz CT molecular complexity index is 1000. The van der Waals surface area contributed by atoms with Crippen LogP contribution in [0.2, 0.25) is 0 Å². The number of fused-ring (bicyclic) bond motifs is 2. The van der Waals surface area contributed by atoms with Crippen molar-refractivity contribution in [1.29, 1.82) is 0 Å². The first kappa shape index (κ1) is 16.2. The lowest BCUT2D eigenvalue weighted by atomic mass is 9.97. The van der Waals surface area contributed by atoms with Crippen molar-refractivity contribution < 1.29 is 14.3 Å². The SMILES string of the molecule is CCOc1nc2ccc(C(=O)N3CC(c4nnc5n4CCOC5)C3)cc2[nH]1. The summed E-state index contributed by atoms with van der Waals surface area (Å²) in [5.41, 5.74) is 2.23. The highest BCUT2D eigenvalue weighted by Crippen LogP contribution is 2.29. The van der Waals surface area contributed by atoms with Gasteiger partial charge in [-0.2, -0.15) is 4.98 Å². The summed E-state index contributed by atoms with van der Waals surface area (Å²) in [7, 11) is 0. The van der Waals surface area contributed by atoms with Crippen LogP contribution in [0.25, 0.3) is 11.0 Å². The second kappa shape index (κ2) is 6.34. The Labute approximate surface area is 155 Å². The number of ether oxygens (including phenoxy) is 2. The Hall–Kier alpha value is -2.94. The van der Waals surface area contributed by atoms with Gasteiger partial charge in [0, 0.05) is 25.2 Å². The number of hydrogen-bond donors (Lipinski definition) is 1. The molecule has 5 rings (SSSR count). The third kappa shape index (κ3) is 2.74. The fourth-order valence-electron chi connectivity index (χ4n) is 3.64. The number of benzene rings is 1. The van der Waals surface area contributed by atoms with Crippen LogP contribution in [0.3, 0.4) is 0 Å². The van der Waals surface area contributed by atoms with Crippen LogP contribution in [0.5, 0.6) is 6.01 Å². The van der Waals surface area contributed by atoms with E-state index in [-0.39, 0.29) is 11.8 Å². The van der Waals surface area contributed by atoms with E-state index < -0.39 is 0 Å². The van der Waals surface area contributed by atoms with Gasteiger partial charge in [-0.1, -0.05) is 0 Å². The van der Waals surface area contributed by atoms with Crippen molar-refractivity contribution in [2.24, 2.45) is 0 Å². The first-order valence-corrected chi connectivity index (χ1v) is 9.14. The molecule has 9 heteroatoms. The molecule has 1 saturated heterocycles. The minimum Gasteiger partial charge on any atom is -0.465 e. The molecule has 2 aliphatic heterocycles. The lowest BCUT2D eigenvalue weighted by Gasteiger charge is -2.39. The molecule has 27 heavy (non-hydrogen) atoms. The summed E-state index contributed by atoms with van der Waals surface area (Å²) in [6.45, 7) is 5.73. The van der Waals surface area contributed by atoms with Crippen LogP contribution in [-0.2, 0) is 17.9 Å². The smallest absolute Gasteiger partial charge is 0.294 e. The van der Waals surface area contributed by atoms with E-state index in [1.54, 1.807) is 0 Å². The molecule has 140 valence electrons. The molecule has 0 saturated carbocycles. The van der Waals surface area contributed by atoms with Crippen molar-refractivity contribution in [2.75, 3.05) is 26.3 Å². The van der Waals surface area contributed by atoms with Gasteiger partial charge in [-0.05, 0) is 25.1 Å². The summed E-state index contributed by atoms with van der Waals surface area (Å²) in [4.78, 5) is 22.1. The van der Waals surface area contributed by atoms with Gasteiger partial charge in [0.2, 0.25) is 0 Å². The molecule has 9 nitrogen and oxygen atoms in total. The van der Waals surface area contributed by atoms with Crippen molar-refractivity contribution in [1.82, 2.24) is 29.6 Å². The molecule has 0 aliphatic carbocycles. The van der Waals surface area contributed by atoms with Crippen molar-refractivity contribution in [2.45, 2.75) is 26.0 Å². The molecule has 0 atom stereocenters. The fourth-order valence-corrected chi connectivity index (χ4v) is 3.64. The Kier molecular flexibility index (Phi) is 3.82. The summed E-state index contributed by atoms with van der Waals surface area (Å²) in [5, 5.41) is 8.52. The molecule has 3 aromatic rings. The van der Waals surface area contributed by atoms with E-state index in [0.717, 1.165) is 29.2 Å². The number of likely N-dealkylation sites (tertiary alicyclic amines) is 1. The molecular formula is C18H20N6O3. The Morgan fingerprint density at radius 1 is 1.37 bits per heavy atom.